The summed E-state index contributed by atoms with van der Waals surface area (Å²) in [4.78, 5) is 0. The Hall–Kier alpha value is 2.91. The van der Waals surface area contributed by atoms with Crippen molar-refractivity contribution in [2.24, 2.45) is 0 Å². The van der Waals surface area contributed by atoms with Gasteiger partial charge in [0.25, 0.3) is 0 Å². The lowest BCUT2D eigenvalue weighted by molar-refractivity contribution is 0.0606. The van der Waals surface area contributed by atoms with Crippen molar-refractivity contribution in [3.05, 3.63) is 0 Å². The molecule has 0 heterocycles. The van der Waals surface area contributed by atoms with Crippen molar-refractivity contribution in [1.29, 1.82) is 0 Å². The molecule has 0 saturated heterocycles. The largest absolute Gasteiger partial charge is 0.500 e. The van der Waals surface area contributed by atoms with Gasteiger partial charge in [0, 0.05) is 77.8 Å². The van der Waals surface area contributed by atoms with Crippen LogP contribution in [0.5, 0.6) is 0 Å². The molecule has 8 nitrogen and oxygen atoms in total. The second kappa shape index (κ2) is 28.1. The number of hydrogen-bond donors (Lipinski definition) is 0. The molecule has 0 unspecified atom stereocenters. The molecule has 0 saturated carbocycles. The Balaban J connectivity index is 3.28. The summed E-state index contributed by atoms with van der Waals surface area (Å²) in [7, 11) is 19.7. The normalized spacial score (nSPS) is 12.5. The first-order valence-corrected chi connectivity index (χ1v) is 25.4. The van der Waals surface area contributed by atoms with Gasteiger partial charge < -0.3 is 36.0 Å². The monoisotopic (exact) mass is 698 g/mol. The molecule has 0 fully saturated rings. The number of hydrogen-bond acceptors (Lipinski definition) is 16. The van der Waals surface area contributed by atoms with Crippen molar-refractivity contribution >= 4 is 100 Å². The highest BCUT2D eigenvalue weighted by molar-refractivity contribution is 9.26. The summed E-state index contributed by atoms with van der Waals surface area (Å²) in [5, 5.41) is 0. The maximum absolute atomic E-state index is 5.63. The van der Waals surface area contributed by atoms with E-state index in [-0.39, 0.29) is 0 Å². The predicted octanol–water partition coefficient (Wildman–Crippen LogP) is 6.91. The smallest absolute Gasteiger partial charge is 0.378 e. The molecule has 218 valence electrons. The molecule has 0 rings (SSSR count). The van der Waals surface area contributed by atoms with Crippen molar-refractivity contribution in [3.63, 3.8) is 0 Å². The van der Waals surface area contributed by atoms with Crippen LogP contribution in [0, 0.1) is 0 Å². The molecule has 0 aromatic carbocycles. The van der Waals surface area contributed by atoms with E-state index in [0.717, 1.165) is 61.2 Å². The van der Waals surface area contributed by atoms with E-state index in [1.54, 1.807) is 82.0 Å². The minimum absolute atomic E-state index is 0.648. The van der Waals surface area contributed by atoms with Gasteiger partial charge in [0.05, 0.1) is 26.4 Å². The SMILES string of the molecule is CO[Si](CCCSSSSCCOCCOCCSSSSCCC[Si](OC)(OC)OC)(OC)OC. The molecule has 0 spiro atoms. The Morgan fingerprint density at radius 1 is 0.417 bits per heavy atom. The molecule has 0 aromatic rings. The average molecular weight is 699 g/mol. The third-order valence-corrected chi connectivity index (χ3v) is 23.2. The van der Waals surface area contributed by atoms with Gasteiger partial charge in [-0.25, -0.2) is 0 Å². The molecule has 0 aliphatic heterocycles. The van der Waals surface area contributed by atoms with E-state index in [2.05, 4.69) is 0 Å². The maximum Gasteiger partial charge on any atom is 0.500 e. The molecule has 0 aliphatic carbocycles. The highest BCUT2D eigenvalue weighted by Gasteiger charge is 2.37. The van der Waals surface area contributed by atoms with Gasteiger partial charge in [-0.1, -0.05) is 43.2 Å². The van der Waals surface area contributed by atoms with E-state index >= 15 is 0 Å². The third kappa shape index (κ3) is 20.7. The Morgan fingerprint density at radius 2 is 0.722 bits per heavy atom. The van der Waals surface area contributed by atoms with Gasteiger partial charge in [-0.3, -0.25) is 0 Å². The molecule has 0 amide bonds. The number of rotatable bonds is 29. The summed E-state index contributed by atoms with van der Waals surface area (Å²) in [6, 6.07) is 1.69. The Morgan fingerprint density at radius 3 is 1.03 bits per heavy atom. The fourth-order valence-electron chi connectivity index (χ4n) is 2.53. The molecule has 0 radical (unpaired) electrons. The van der Waals surface area contributed by atoms with Crippen molar-refractivity contribution in [1.82, 2.24) is 0 Å². The van der Waals surface area contributed by atoms with Crippen LogP contribution in [0.1, 0.15) is 12.8 Å². The minimum atomic E-state index is -2.41. The zero-order chi connectivity index (χ0) is 26.8. The van der Waals surface area contributed by atoms with Crippen LogP contribution < -0.4 is 0 Å². The fraction of sp³-hybridized carbons (Fsp3) is 1.00. The van der Waals surface area contributed by atoms with E-state index in [9.17, 15) is 0 Å². The first-order valence-electron chi connectivity index (χ1n) is 11.2. The van der Waals surface area contributed by atoms with Gasteiger partial charge in [0.15, 0.2) is 0 Å². The van der Waals surface area contributed by atoms with Crippen LogP contribution in [0.3, 0.4) is 0 Å². The van der Waals surface area contributed by atoms with Gasteiger partial charge in [-0.2, -0.15) is 0 Å². The van der Waals surface area contributed by atoms with Gasteiger partial charge >= 0.3 is 17.6 Å². The third-order valence-electron chi connectivity index (χ3n) is 4.53. The average Bonchev–Trinajstić information content (AvgIpc) is 2.92. The molecule has 0 atom stereocenters. The van der Waals surface area contributed by atoms with Crippen molar-refractivity contribution in [3.8, 4) is 0 Å². The van der Waals surface area contributed by atoms with Crippen LogP contribution >= 0.6 is 82.5 Å². The Kier molecular flexibility index (Phi) is 30.3. The quantitative estimate of drug-likeness (QED) is 0.0461. The van der Waals surface area contributed by atoms with Gasteiger partial charge in [-0.05, 0) is 52.1 Å². The zero-order valence-corrected chi connectivity index (χ0v) is 30.5. The fourth-order valence-corrected chi connectivity index (χ4v) is 18.3. The summed E-state index contributed by atoms with van der Waals surface area (Å²) in [5.74, 6) is 4.04. The summed E-state index contributed by atoms with van der Waals surface area (Å²) < 4.78 is 43.8. The lowest BCUT2D eigenvalue weighted by Gasteiger charge is -2.23. The van der Waals surface area contributed by atoms with Gasteiger partial charge in [-0.15, -0.1) is 0 Å². The molecule has 0 aliphatic rings. The minimum Gasteiger partial charge on any atom is -0.378 e. The molecular weight excluding hydrogens is 657 g/mol. The first-order chi connectivity index (χ1) is 17.6. The van der Waals surface area contributed by atoms with Crippen LogP contribution in [0.15, 0.2) is 0 Å². The maximum atomic E-state index is 5.63. The second-order valence-electron chi connectivity index (χ2n) is 6.58. The van der Waals surface area contributed by atoms with E-state index < -0.39 is 17.6 Å². The molecule has 36 heavy (non-hydrogen) atoms. The topological polar surface area (TPSA) is 73.8 Å². The van der Waals surface area contributed by atoms with Crippen molar-refractivity contribution < 1.29 is 36.0 Å². The predicted molar refractivity (Wildman–Crippen MR) is 174 cm³/mol. The number of ether oxygens (including phenoxy) is 2. The molecule has 0 aromatic heterocycles. The second-order valence-corrected chi connectivity index (χ2v) is 25.2. The standard InChI is InChI=1S/C18H42O8S8Si2/c1-19-35(20-2,21-3)17-7-13-27-31-33-29-15-11-25-9-10-26-12-16-30-34-32-28-14-8-18-36(22-4,23-5)24-6/h7-18H2,1-6H3. The first kappa shape index (κ1) is 38.9. The van der Waals surface area contributed by atoms with E-state index in [0.29, 0.717) is 13.2 Å². The lowest BCUT2D eigenvalue weighted by Crippen LogP contribution is -2.42. The lowest BCUT2D eigenvalue weighted by atomic mass is 10.6. The van der Waals surface area contributed by atoms with E-state index in [4.69, 9.17) is 36.0 Å². The summed E-state index contributed by atoms with van der Waals surface area (Å²) in [6.45, 7) is 2.79. The summed E-state index contributed by atoms with van der Waals surface area (Å²) in [5.41, 5.74) is 0. The highest BCUT2D eigenvalue weighted by Crippen LogP contribution is 2.44. The highest BCUT2D eigenvalue weighted by atomic mass is 33.7. The molecule has 0 N–H and O–H groups in total. The molecular formula is C18H42O8S8Si2. The van der Waals surface area contributed by atoms with Crippen molar-refractivity contribution in [2.45, 2.75) is 24.9 Å². The van der Waals surface area contributed by atoms with E-state index in [1.165, 1.54) is 0 Å². The summed E-state index contributed by atoms with van der Waals surface area (Å²) >= 11 is 0. The van der Waals surface area contributed by atoms with Crippen LogP contribution in [-0.4, -0.2) is 110 Å². The van der Waals surface area contributed by atoms with Gasteiger partial charge in [0.2, 0.25) is 0 Å². The van der Waals surface area contributed by atoms with Gasteiger partial charge in [0.1, 0.15) is 0 Å². The zero-order valence-electron chi connectivity index (χ0n) is 22.0. The summed E-state index contributed by atoms with van der Waals surface area (Å²) in [6.07, 6.45) is 2.04. The van der Waals surface area contributed by atoms with Crippen molar-refractivity contribution in [2.75, 3.05) is 92.1 Å². The van der Waals surface area contributed by atoms with Crippen LogP contribution in [0.2, 0.25) is 12.1 Å². The van der Waals surface area contributed by atoms with E-state index in [1.807, 2.05) is 43.2 Å². The Bertz CT molecular complexity index is 418. The van der Waals surface area contributed by atoms with Crippen LogP contribution in [0.4, 0.5) is 0 Å². The molecule has 18 heteroatoms. The van der Waals surface area contributed by atoms with Crippen LogP contribution in [-0.2, 0) is 36.0 Å². The Labute approximate surface area is 251 Å². The molecule has 0 bridgehead atoms. The van der Waals surface area contributed by atoms with Crippen LogP contribution in [0.25, 0.3) is 0 Å².